The van der Waals surface area contributed by atoms with E-state index in [1.165, 1.54) is 41.6 Å². The first kappa shape index (κ1) is 27.4. The van der Waals surface area contributed by atoms with Crippen molar-refractivity contribution in [3.63, 3.8) is 0 Å². The largest absolute Gasteiger partial charge is 0.354 e. The molecule has 2 aromatic rings. The van der Waals surface area contributed by atoms with Crippen molar-refractivity contribution in [2.75, 3.05) is 38.0 Å². The molecule has 0 aliphatic carbocycles. The number of thiazole rings is 1. The Morgan fingerprint density at radius 1 is 1.14 bits per heavy atom. The van der Waals surface area contributed by atoms with Crippen molar-refractivity contribution >= 4 is 57.4 Å². The number of aromatic nitrogens is 1. The van der Waals surface area contributed by atoms with E-state index in [1.54, 1.807) is 17.5 Å². The molecule has 1 aliphatic rings. The van der Waals surface area contributed by atoms with Crippen LogP contribution in [0.3, 0.4) is 0 Å². The summed E-state index contributed by atoms with van der Waals surface area (Å²) in [5.74, 6) is -0.844. The molecule has 0 bridgehead atoms. The molecule has 1 aromatic carbocycles. The van der Waals surface area contributed by atoms with Crippen LogP contribution in [-0.2, 0) is 16.0 Å². The zero-order valence-electron chi connectivity index (χ0n) is 20.0. The van der Waals surface area contributed by atoms with Crippen molar-refractivity contribution in [3.8, 4) is 0 Å². The standard InChI is InChI=1S/C24H31Cl2N5O3S/c1-16(2)31(23(34)19-7-6-17(25)12-20(19)26)14-22(33)29-24-28-18(15-35-24)13-21(32)27-8-11-30-9-4-3-5-10-30/h6-7,12,15-16H,3-5,8-11,13-14H2,1-2H3,(H,27,32)(H,28,29,33). The van der Waals surface area contributed by atoms with E-state index in [0.29, 0.717) is 22.4 Å². The summed E-state index contributed by atoms with van der Waals surface area (Å²) in [4.78, 5) is 46.0. The van der Waals surface area contributed by atoms with E-state index in [-0.39, 0.29) is 47.3 Å². The van der Waals surface area contributed by atoms with E-state index in [0.717, 1.165) is 19.6 Å². The minimum absolute atomic E-state index is 0.0957. The number of hydrogen-bond donors (Lipinski definition) is 2. The maximum atomic E-state index is 13.0. The Hall–Kier alpha value is -2.20. The van der Waals surface area contributed by atoms with Crippen LogP contribution in [0.15, 0.2) is 23.6 Å². The highest BCUT2D eigenvalue weighted by molar-refractivity contribution is 7.13. The van der Waals surface area contributed by atoms with E-state index >= 15 is 0 Å². The first-order valence-electron chi connectivity index (χ1n) is 11.7. The number of halogens is 2. The zero-order valence-corrected chi connectivity index (χ0v) is 22.3. The molecule has 3 rings (SSSR count). The van der Waals surface area contributed by atoms with Gasteiger partial charge in [0.1, 0.15) is 6.54 Å². The Kier molecular flexibility index (Phi) is 10.3. The van der Waals surface area contributed by atoms with E-state index in [4.69, 9.17) is 23.2 Å². The monoisotopic (exact) mass is 539 g/mol. The molecule has 8 nitrogen and oxygen atoms in total. The summed E-state index contributed by atoms with van der Waals surface area (Å²) in [7, 11) is 0. The van der Waals surface area contributed by atoms with Gasteiger partial charge in [-0.3, -0.25) is 14.4 Å². The van der Waals surface area contributed by atoms with Crippen LogP contribution in [0.25, 0.3) is 0 Å². The zero-order chi connectivity index (χ0) is 25.4. The summed E-state index contributed by atoms with van der Waals surface area (Å²) >= 11 is 13.3. The Bertz CT molecular complexity index is 1040. The van der Waals surface area contributed by atoms with Crippen LogP contribution in [0.4, 0.5) is 5.13 Å². The summed E-state index contributed by atoms with van der Waals surface area (Å²) in [6, 6.07) is 4.39. The molecular weight excluding hydrogens is 509 g/mol. The number of rotatable bonds is 10. The van der Waals surface area contributed by atoms with Gasteiger partial charge in [-0.15, -0.1) is 11.3 Å². The van der Waals surface area contributed by atoms with Crippen LogP contribution < -0.4 is 10.6 Å². The molecule has 0 unspecified atom stereocenters. The molecule has 1 saturated heterocycles. The topological polar surface area (TPSA) is 94.6 Å². The lowest BCUT2D eigenvalue weighted by molar-refractivity contribution is -0.120. The fourth-order valence-corrected chi connectivity index (χ4v) is 5.04. The number of amides is 3. The van der Waals surface area contributed by atoms with E-state index in [2.05, 4.69) is 20.5 Å². The number of nitrogens with one attached hydrogen (secondary N) is 2. The quantitative estimate of drug-likeness (QED) is 0.474. The van der Waals surface area contributed by atoms with Gasteiger partial charge in [0.05, 0.1) is 22.7 Å². The second-order valence-electron chi connectivity index (χ2n) is 8.77. The van der Waals surface area contributed by atoms with Crippen molar-refractivity contribution in [3.05, 3.63) is 44.9 Å². The maximum absolute atomic E-state index is 13.0. The summed E-state index contributed by atoms with van der Waals surface area (Å²) in [5, 5.41) is 8.44. The van der Waals surface area contributed by atoms with Gasteiger partial charge in [0, 0.05) is 29.5 Å². The minimum Gasteiger partial charge on any atom is -0.354 e. The predicted molar refractivity (Wildman–Crippen MR) is 140 cm³/mol. The molecule has 0 saturated carbocycles. The Labute approximate surface area is 220 Å². The summed E-state index contributed by atoms with van der Waals surface area (Å²) < 4.78 is 0. The molecule has 35 heavy (non-hydrogen) atoms. The lowest BCUT2D eigenvalue weighted by atomic mass is 10.1. The Morgan fingerprint density at radius 3 is 2.57 bits per heavy atom. The average molecular weight is 541 g/mol. The molecule has 2 heterocycles. The lowest BCUT2D eigenvalue weighted by Crippen LogP contribution is -2.42. The Balaban J connectivity index is 1.48. The fourth-order valence-electron chi connectivity index (χ4n) is 3.83. The van der Waals surface area contributed by atoms with E-state index in [1.807, 2.05) is 13.8 Å². The average Bonchev–Trinajstić information content (AvgIpc) is 3.24. The van der Waals surface area contributed by atoms with Crippen LogP contribution in [0.5, 0.6) is 0 Å². The molecule has 190 valence electrons. The van der Waals surface area contributed by atoms with Crippen LogP contribution in [0.2, 0.25) is 10.0 Å². The third kappa shape index (κ3) is 8.45. The van der Waals surface area contributed by atoms with Gasteiger partial charge in [0.25, 0.3) is 5.91 Å². The number of carbonyl (C=O) groups is 3. The molecule has 0 spiro atoms. The highest BCUT2D eigenvalue weighted by Gasteiger charge is 2.24. The SMILES string of the molecule is CC(C)N(CC(=O)Nc1nc(CC(=O)NCCN2CCCCC2)cs1)C(=O)c1ccc(Cl)cc1Cl. The summed E-state index contributed by atoms with van der Waals surface area (Å²) in [6.07, 6.45) is 3.88. The summed E-state index contributed by atoms with van der Waals surface area (Å²) in [6.45, 7) is 7.14. The number of likely N-dealkylation sites (tertiary alicyclic amines) is 1. The van der Waals surface area contributed by atoms with Crippen molar-refractivity contribution in [2.24, 2.45) is 0 Å². The van der Waals surface area contributed by atoms with Gasteiger partial charge in [-0.2, -0.15) is 0 Å². The molecule has 1 fully saturated rings. The fraction of sp³-hybridized carbons (Fsp3) is 0.500. The van der Waals surface area contributed by atoms with Crippen molar-refractivity contribution in [1.82, 2.24) is 20.1 Å². The molecule has 0 atom stereocenters. The number of nitrogens with zero attached hydrogens (tertiary/aromatic N) is 3. The third-order valence-corrected chi connectivity index (χ3v) is 7.05. The number of hydrogen-bond acceptors (Lipinski definition) is 6. The molecule has 11 heteroatoms. The van der Waals surface area contributed by atoms with Crippen LogP contribution in [0, 0.1) is 0 Å². The third-order valence-electron chi connectivity index (χ3n) is 5.70. The molecule has 2 N–H and O–H groups in total. The molecule has 0 radical (unpaired) electrons. The first-order valence-corrected chi connectivity index (χ1v) is 13.4. The molecule has 1 aromatic heterocycles. The van der Waals surface area contributed by atoms with Gasteiger partial charge in [0.2, 0.25) is 11.8 Å². The van der Waals surface area contributed by atoms with Crippen molar-refractivity contribution in [1.29, 1.82) is 0 Å². The van der Waals surface area contributed by atoms with Gasteiger partial charge >= 0.3 is 0 Å². The van der Waals surface area contributed by atoms with Gasteiger partial charge < -0.3 is 20.4 Å². The number of benzene rings is 1. The number of anilines is 1. The van der Waals surface area contributed by atoms with Crippen molar-refractivity contribution in [2.45, 2.75) is 45.6 Å². The van der Waals surface area contributed by atoms with Crippen molar-refractivity contribution < 1.29 is 14.4 Å². The summed E-state index contributed by atoms with van der Waals surface area (Å²) in [5.41, 5.74) is 0.867. The van der Waals surface area contributed by atoms with E-state index < -0.39 is 0 Å². The maximum Gasteiger partial charge on any atom is 0.256 e. The van der Waals surface area contributed by atoms with Gasteiger partial charge in [-0.1, -0.05) is 29.6 Å². The number of carbonyl (C=O) groups excluding carboxylic acids is 3. The molecule has 1 aliphatic heterocycles. The van der Waals surface area contributed by atoms with Gasteiger partial charge in [-0.25, -0.2) is 4.98 Å². The van der Waals surface area contributed by atoms with E-state index in [9.17, 15) is 14.4 Å². The minimum atomic E-state index is -0.385. The smallest absolute Gasteiger partial charge is 0.256 e. The first-order chi connectivity index (χ1) is 16.7. The number of piperidine rings is 1. The van der Waals surface area contributed by atoms with Gasteiger partial charge in [-0.05, 0) is 58.0 Å². The Morgan fingerprint density at radius 2 is 1.89 bits per heavy atom. The van der Waals surface area contributed by atoms with Crippen LogP contribution >= 0.6 is 34.5 Å². The predicted octanol–water partition coefficient (Wildman–Crippen LogP) is 4.08. The normalized spacial score (nSPS) is 14.1. The van der Waals surface area contributed by atoms with Crippen LogP contribution in [-0.4, -0.2) is 71.3 Å². The second-order valence-corrected chi connectivity index (χ2v) is 10.5. The van der Waals surface area contributed by atoms with Crippen LogP contribution in [0.1, 0.15) is 49.2 Å². The molecular formula is C24H31Cl2N5O3S. The van der Waals surface area contributed by atoms with Gasteiger partial charge in [0.15, 0.2) is 5.13 Å². The highest BCUT2D eigenvalue weighted by Crippen LogP contribution is 2.23. The molecule has 3 amide bonds. The lowest BCUT2D eigenvalue weighted by Gasteiger charge is -2.26. The highest BCUT2D eigenvalue weighted by atomic mass is 35.5. The second kappa shape index (κ2) is 13.2.